The van der Waals surface area contributed by atoms with Gasteiger partial charge < -0.3 is 21.5 Å². The molecule has 0 unspecified atom stereocenters. The Labute approximate surface area is 190 Å². The molecule has 0 radical (unpaired) electrons. The van der Waals surface area contributed by atoms with Crippen molar-refractivity contribution in [2.24, 2.45) is 16.5 Å². The summed E-state index contributed by atoms with van der Waals surface area (Å²) in [7, 11) is 0. The fourth-order valence-corrected chi connectivity index (χ4v) is 4.61. The summed E-state index contributed by atoms with van der Waals surface area (Å²) in [5.74, 6) is 0.203. The number of benzene rings is 1. The maximum atomic E-state index is 12.8. The van der Waals surface area contributed by atoms with Crippen LogP contribution in [0.3, 0.4) is 0 Å². The molecular formula is C20H23Cl2N5O2S. The first-order chi connectivity index (χ1) is 14.0. The van der Waals surface area contributed by atoms with Gasteiger partial charge in [-0.1, -0.05) is 11.6 Å². The number of ether oxygens (including phenoxy) is 1. The van der Waals surface area contributed by atoms with Crippen LogP contribution in [0.1, 0.15) is 45.6 Å². The summed E-state index contributed by atoms with van der Waals surface area (Å²) in [6, 6.07) is 7.16. The number of anilines is 1. The second kappa shape index (κ2) is 11.1. The van der Waals surface area contributed by atoms with Crippen molar-refractivity contribution in [2.75, 3.05) is 18.5 Å². The van der Waals surface area contributed by atoms with Crippen LogP contribution in [0.15, 0.2) is 23.2 Å². The van der Waals surface area contributed by atoms with Crippen molar-refractivity contribution in [1.82, 2.24) is 0 Å². The summed E-state index contributed by atoms with van der Waals surface area (Å²) in [6.07, 6.45) is 4.65. The van der Waals surface area contributed by atoms with Gasteiger partial charge in [0.1, 0.15) is 16.8 Å². The lowest BCUT2D eigenvalue weighted by Crippen LogP contribution is -2.23. The van der Waals surface area contributed by atoms with Crippen molar-refractivity contribution < 1.29 is 9.53 Å². The van der Waals surface area contributed by atoms with Gasteiger partial charge in [0, 0.05) is 17.8 Å². The van der Waals surface area contributed by atoms with E-state index in [1.54, 1.807) is 18.2 Å². The molecule has 0 spiro atoms. The summed E-state index contributed by atoms with van der Waals surface area (Å²) in [5.41, 5.74) is 12.5. The van der Waals surface area contributed by atoms with Gasteiger partial charge in [0.25, 0.3) is 5.91 Å². The van der Waals surface area contributed by atoms with Crippen LogP contribution in [-0.2, 0) is 12.8 Å². The van der Waals surface area contributed by atoms with E-state index < -0.39 is 0 Å². The monoisotopic (exact) mass is 467 g/mol. The van der Waals surface area contributed by atoms with E-state index in [2.05, 4.69) is 16.4 Å². The van der Waals surface area contributed by atoms with Crippen LogP contribution in [0, 0.1) is 11.3 Å². The first kappa shape index (κ1) is 23.8. The number of nitriles is 1. The molecule has 0 bridgehead atoms. The Kier molecular flexibility index (Phi) is 8.78. The van der Waals surface area contributed by atoms with E-state index in [1.165, 1.54) is 16.2 Å². The number of fused-ring (bicyclic) bond motifs is 1. The van der Waals surface area contributed by atoms with Gasteiger partial charge in [-0.05, 0) is 49.4 Å². The quantitative estimate of drug-likeness (QED) is 0.323. The molecule has 0 fully saturated rings. The summed E-state index contributed by atoms with van der Waals surface area (Å²) in [4.78, 5) is 17.9. The second-order valence-electron chi connectivity index (χ2n) is 6.63. The third-order valence-electron chi connectivity index (χ3n) is 4.56. The molecule has 10 heteroatoms. The molecule has 0 atom stereocenters. The normalized spacial score (nSPS) is 12.1. The van der Waals surface area contributed by atoms with Crippen LogP contribution < -0.4 is 21.5 Å². The number of hydrogen-bond donors (Lipinski definition) is 3. The predicted octanol–water partition coefficient (Wildman–Crippen LogP) is 3.87. The highest BCUT2D eigenvalue weighted by molar-refractivity contribution is 7.16. The number of nitrogens with one attached hydrogen (secondary N) is 1. The van der Waals surface area contributed by atoms with E-state index in [4.69, 9.17) is 27.8 Å². The molecule has 1 amide bonds. The minimum Gasteiger partial charge on any atom is -0.494 e. The number of hydrogen-bond acceptors (Lipinski definition) is 5. The molecule has 30 heavy (non-hydrogen) atoms. The number of guanidine groups is 1. The van der Waals surface area contributed by atoms with Crippen molar-refractivity contribution in [3.8, 4) is 11.8 Å². The average molecular weight is 468 g/mol. The molecular weight excluding hydrogens is 445 g/mol. The Morgan fingerprint density at radius 1 is 1.33 bits per heavy atom. The Hall–Kier alpha value is -2.47. The Morgan fingerprint density at radius 3 is 2.83 bits per heavy atom. The van der Waals surface area contributed by atoms with E-state index in [1.807, 2.05) is 0 Å². The number of carbonyl (C=O) groups excluding carboxylic acids is 1. The number of halogens is 2. The third kappa shape index (κ3) is 5.79. The maximum absolute atomic E-state index is 12.8. The van der Waals surface area contributed by atoms with E-state index in [-0.39, 0.29) is 24.3 Å². The lowest BCUT2D eigenvalue weighted by Gasteiger charge is -2.10. The van der Waals surface area contributed by atoms with Crippen molar-refractivity contribution in [1.29, 1.82) is 5.26 Å². The predicted molar refractivity (Wildman–Crippen MR) is 123 cm³/mol. The molecule has 0 saturated heterocycles. The lowest BCUT2D eigenvalue weighted by atomic mass is 9.96. The molecule has 1 aliphatic carbocycles. The van der Waals surface area contributed by atoms with Crippen molar-refractivity contribution in [2.45, 2.75) is 32.1 Å². The molecule has 1 aliphatic rings. The molecule has 3 rings (SSSR count). The highest BCUT2D eigenvalue weighted by Gasteiger charge is 2.23. The molecule has 7 nitrogen and oxygen atoms in total. The number of amides is 1. The largest absolute Gasteiger partial charge is 0.494 e. The molecule has 0 aliphatic heterocycles. The van der Waals surface area contributed by atoms with Gasteiger partial charge in [0.05, 0.1) is 22.8 Å². The van der Waals surface area contributed by atoms with Crippen LogP contribution in [0.4, 0.5) is 5.00 Å². The minimum absolute atomic E-state index is 0. The zero-order valence-corrected chi connectivity index (χ0v) is 18.6. The molecule has 1 aromatic carbocycles. The Bertz CT molecular complexity index is 980. The Balaban J connectivity index is 0.00000320. The Morgan fingerprint density at radius 2 is 2.10 bits per heavy atom. The van der Waals surface area contributed by atoms with Gasteiger partial charge in [0.2, 0.25) is 0 Å². The van der Waals surface area contributed by atoms with E-state index in [0.29, 0.717) is 46.5 Å². The number of nitrogens with two attached hydrogens (primary N) is 2. The van der Waals surface area contributed by atoms with Gasteiger partial charge in [0.15, 0.2) is 5.96 Å². The van der Waals surface area contributed by atoms with Crippen LogP contribution in [0.25, 0.3) is 0 Å². The van der Waals surface area contributed by atoms with E-state index in [9.17, 15) is 10.1 Å². The summed E-state index contributed by atoms with van der Waals surface area (Å²) in [6.45, 7) is 0.860. The zero-order valence-electron chi connectivity index (χ0n) is 16.2. The molecule has 1 heterocycles. The number of thiophene rings is 1. The smallest absolute Gasteiger partial charge is 0.257 e. The van der Waals surface area contributed by atoms with E-state index >= 15 is 0 Å². The van der Waals surface area contributed by atoms with Crippen molar-refractivity contribution >= 4 is 52.2 Å². The van der Waals surface area contributed by atoms with Gasteiger partial charge >= 0.3 is 0 Å². The number of carbonyl (C=O) groups is 1. The van der Waals surface area contributed by atoms with Crippen LogP contribution in [0.2, 0.25) is 5.02 Å². The van der Waals surface area contributed by atoms with Gasteiger partial charge in [-0.2, -0.15) is 5.26 Å². The average Bonchev–Trinajstić information content (AvgIpc) is 3.05. The zero-order chi connectivity index (χ0) is 20.8. The second-order valence-corrected chi connectivity index (χ2v) is 8.14. The minimum atomic E-state index is -0.365. The van der Waals surface area contributed by atoms with Crippen LogP contribution in [-0.4, -0.2) is 25.0 Å². The van der Waals surface area contributed by atoms with Crippen molar-refractivity contribution in [3.05, 3.63) is 44.8 Å². The standard InChI is InChI=1S/C20H22ClN5O2S.ClH/c21-16-7-6-12(28-9-3-8-25-20(23)24)10-14(16)18(27)26-19-15(11-22)13-4-1-2-5-17(13)29-19;/h6-7,10H,1-5,8-9H2,(H,26,27)(H4,23,24,25);1H. The molecule has 1 aromatic heterocycles. The van der Waals surface area contributed by atoms with Gasteiger partial charge in [-0.25, -0.2) is 0 Å². The number of aliphatic imine (C=N–C) groups is 1. The fourth-order valence-electron chi connectivity index (χ4n) is 3.17. The number of nitrogens with zero attached hydrogens (tertiary/aromatic N) is 2. The first-order valence-electron chi connectivity index (χ1n) is 9.33. The summed E-state index contributed by atoms with van der Waals surface area (Å²) < 4.78 is 5.66. The highest BCUT2D eigenvalue weighted by Crippen LogP contribution is 2.38. The molecule has 2 aromatic rings. The SMILES string of the molecule is Cl.N#Cc1c(NC(=O)c2cc(OCCCN=C(N)N)ccc2Cl)sc2c1CCCC2. The van der Waals surface area contributed by atoms with Crippen molar-refractivity contribution in [3.63, 3.8) is 0 Å². The highest BCUT2D eigenvalue weighted by atomic mass is 35.5. The van der Waals surface area contributed by atoms with Crippen LogP contribution >= 0.6 is 35.3 Å². The molecule has 160 valence electrons. The molecule has 0 saturated carbocycles. The summed E-state index contributed by atoms with van der Waals surface area (Å²) in [5, 5.41) is 13.3. The summed E-state index contributed by atoms with van der Waals surface area (Å²) >= 11 is 7.71. The third-order valence-corrected chi connectivity index (χ3v) is 6.10. The van der Waals surface area contributed by atoms with E-state index in [0.717, 1.165) is 31.2 Å². The molecule has 5 N–H and O–H groups in total. The van der Waals surface area contributed by atoms with Gasteiger partial charge in [-0.3, -0.25) is 9.79 Å². The topological polar surface area (TPSA) is 127 Å². The lowest BCUT2D eigenvalue weighted by molar-refractivity contribution is 0.102. The van der Waals surface area contributed by atoms with Crippen LogP contribution in [0.5, 0.6) is 5.75 Å². The van der Waals surface area contributed by atoms with Gasteiger partial charge in [-0.15, -0.1) is 23.7 Å². The first-order valence-corrected chi connectivity index (χ1v) is 10.5. The maximum Gasteiger partial charge on any atom is 0.257 e. The fraction of sp³-hybridized carbons (Fsp3) is 0.350. The number of rotatable bonds is 7. The number of aryl methyl sites for hydroxylation is 1.